The molecule has 2 heterocycles. The van der Waals surface area contributed by atoms with Crippen molar-refractivity contribution in [2.24, 2.45) is 0 Å². The third-order valence-electron chi connectivity index (χ3n) is 4.19. The molecule has 0 radical (unpaired) electrons. The molecular formula is C18H21FN4O. The predicted octanol–water partition coefficient (Wildman–Crippen LogP) is 2.58. The van der Waals surface area contributed by atoms with Gasteiger partial charge in [-0.25, -0.2) is 14.4 Å². The molecule has 1 aliphatic heterocycles. The SMILES string of the molecule is O=C(NCCc1ccccc1F)c1cnc(N2CCCCC2)cn1. The Labute approximate surface area is 140 Å². The summed E-state index contributed by atoms with van der Waals surface area (Å²) in [7, 11) is 0. The summed E-state index contributed by atoms with van der Waals surface area (Å²) in [5.41, 5.74) is 0.869. The van der Waals surface area contributed by atoms with Gasteiger partial charge in [0.1, 0.15) is 17.3 Å². The fourth-order valence-electron chi connectivity index (χ4n) is 2.83. The number of aromatic nitrogens is 2. The molecule has 1 N–H and O–H groups in total. The Morgan fingerprint density at radius 1 is 1.12 bits per heavy atom. The van der Waals surface area contributed by atoms with Gasteiger partial charge in [0.25, 0.3) is 5.91 Å². The lowest BCUT2D eigenvalue weighted by Gasteiger charge is -2.27. The van der Waals surface area contributed by atoms with Gasteiger partial charge in [0.15, 0.2) is 0 Å². The minimum atomic E-state index is -0.288. The number of nitrogens with one attached hydrogen (secondary N) is 1. The van der Waals surface area contributed by atoms with Gasteiger partial charge in [-0.3, -0.25) is 4.79 Å². The van der Waals surface area contributed by atoms with E-state index in [1.54, 1.807) is 24.4 Å². The van der Waals surface area contributed by atoms with Gasteiger partial charge in [0.2, 0.25) is 0 Å². The first-order valence-electron chi connectivity index (χ1n) is 8.32. The average Bonchev–Trinajstić information content (AvgIpc) is 2.64. The fourth-order valence-corrected chi connectivity index (χ4v) is 2.83. The molecule has 0 spiro atoms. The first-order chi connectivity index (χ1) is 11.7. The molecule has 1 fully saturated rings. The molecule has 126 valence electrons. The standard InChI is InChI=1S/C18H21FN4O/c19-15-7-3-2-6-14(15)8-9-20-18(24)16-12-22-17(13-21-16)23-10-4-1-5-11-23/h2-3,6-7,12-13H,1,4-5,8-11H2,(H,20,24). The van der Waals surface area contributed by atoms with Crippen LogP contribution in [0.2, 0.25) is 0 Å². The van der Waals surface area contributed by atoms with E-state index < -0.39 is 0 Å². The largest absolute Gasteiger partial charge is 0.355 e. The molecule has 1 amide bonds. The van der Waals surface area contributed by atoms with Gasteiger partial charge in [-0.1, -0.05) is 18.2 Å². The van der Waals surface area contributed by atoms with Crippen LogP contribution in [0, 0.1) is 5.82 Å². The summed E-state index contributed by atoms with van der Waals surface area (Å²) in [6, 6.07) is 6.57. The number of carbonyl (C=O) groups excluding carboxylic acids is 1. The van der Waals surface area contributed by atoms with E-state index in [9.17, 15) is 9.18 Å². The first-order valence-corrected chi connectivity index (χ1v) is 8.32. The molecule has 24 heavy (non-hydrogen) atoms. The monoisotopic (exact) mass is 328 g/mol. The summed E-state index contributed by atoms with van der Waals surface area (Å²) in [5.74, 6) is 0.277. The Hall–Kier alpha value is -2.50. The molecular weight excluding hydrogens is 307 g/mol. The highest BCUT2D eigenvalue weighted by atomic mass is 19.1. The van der Waals surface area contributed by atoms with E-state index in [1.165, 1.54) is 31.5 Å². The zero-order valence-electron chi connectivity index (χ0n) is 13.5. The van der Waals surface area contributed by atoms with E-state index in [0.717, 1.165) is 18.9 Å². The lowest BCUT2D eigenvalue weighted by Crippen LogP contribution is -2.31. The smallest absolute Gasteiger partial charge is 0.271 e. The average molecular weight is 328 g/mol. The number of benzene rings is 1. The normalized spacial score (nSPS) is 14.5. The second-order valence-electron chi connectivity index (χ2n) is 5.90. The van der Waals surface area contributed by atoms with Crippen molar-refractivity contribution in [2.75, 3.05) is 24.5 Å². The summed E-state index contributed by atoms with van der Waals surface area (Å²) in [6.07, 6.45) is 7.18. The highest BCUT2D eigenvalue weighted by molar-refractivity contribution is 5.92. The third kappa shape index (κ3) is 4.07. The van der Waals surface area contributed by atoms with Gasteiger partial charge in [-0.05, 0) is 37.3 Å². The molecule has 1 aromatic heterocycles. The molecule has 0 aliphatic carbocycles. The second kappa shape index (κ2) is 7.86. The van der Waals surface area contributed by atoms with Gasteiger partial charge in [-0.2, -0.15) is 0 Å². The zero-order chi connectivity index (χ0) is 16.8. The van der Waals surface area contributed by atoms with Crippen molar-refractivity contribution in [1.29, 1.82) is 0 Å². The van der Waals surface area contributed by atoms with Crippen LogP contribution in [-0.4, -0.2) is 35.5 Å². The minimum Gasteiger partial charge on any atom is -0.355 e. The molecule has 0 atom stereocenters. The number of rotatable bonds is 5. The van der Waals surface area contributed by atoms with E-state index in [1.807, 2.05) is 0 Å². The lowest BCUT2D eigenvalue weighted by molar-refractivity contribution is 0.0948. The van der Waals surface area contributed by atoms with E-state index in [0.29, 0.717) is 18.5 Å². The fraction of sp³-hybridized carbons (Fsp3) is 0.389. The summed E-state index contributed by atoms with van der Waals surface area (Å²) >= 11 is 0. The topological polar surface area (TPSA) is 58.1 Å². The van der Waals surface area contributed by atoms with Crippen molar-refractivity contribution in [2.45, 2.75) is 25.7 Å². The molecule has 1 aliphatic rings. The van der Waals surface area contributed by atoms with Crippen LogP contribution in [-0.2, 0) is 6.42 Å². The maximum atomic E-state index is 13.5. The van der Waals surface area contributed by atoms with Crippen molar-refractivity contribution >= 4 is 11.7 Å². The van der Waals surface area contributed by atoms with Crippen molar-refractivity contribution in [3.8, 4) is 0 Å². The maximum Gasteiger partial charge on any atom is 0.271 e. The third-order valence-corrected chi connectivity index (χ3v) is 4.19. The van der Waals surface area contributed by atoms with Gasteiger partial charge in [-0.15, -0.1) is 0 Å². The van der Waals surface area contributed by atoms with E-state index in [2.05, 4.69) is 20.2 Å². The molecule has 1 saturated heterocycles. The molecule has 5 nitrogen and oxygen atoms in total. The summed E-state index contributed by atoms with van der Waals surface area (Å²) in [5, 5.41) is 2.75. The Morgan fingerprint density at radius 2 is 1.92 bits per heavy atom. The Kier molecular flexibility index (Phi) is 5.36. The van der Waals surface area contributed by atoms with E-state index >= 15 is 0 Å². The Morgan fingerprint density at radius 3 is 2.62 bits per heavy atom. The number of hydrogen-bond donors (Lipinski definition) is 1. The van der Waals surface area contributed by atoms with Crippen LogP contribution in [0.15, 0.2) is 36.7 Å². The Bertz CT molecular complexity index is 684. The molecule has 0 bridgehead atoms. The quantitative estimate of drug-likeness (QED) is 0.916. The minimum absolute atomic E-state index is 0.252. The van der Waals surface area contributed by atoms with Crippen LogP contribution in [0.1, 0.15) is 35.3 Å². The lowest BCUT2D eigenvalue weighted by atomic mass is 10.1. The van der Waals surface area contributed by atoms with Crippen LogP contribution in [0.4, 0.5) is 10.2 Å². The second-order valence-corrected chi connectivity index (χ2v) is 5.90. The van der Waals surface area contributed by atoms with Gasteiger partial charge < -0.3 is 10.2 Å². The van der Waals surface area contributed by atoms with E-state index in [-0.39, 0.29) is 17.4 Å². The summed E-state index contributed by atoms with van der Waals surface area (Å²) < 4.78 is 13.5. The zero-order valence-corrected chi connectivity index (χ0v) is 13.5. The van der Waals surface area contributed by atoms with Crippen LogP contribution in [0.3, 0.4) is 0 Å². The highest BCUT2D eigenvalue weighted by Gasteiger charge is 2.14. The van der Waals surface area contributed by atoms with Gasteiger partial charge >= 0.3 is 0 Å². The van der Waals surface area contributed by atoms with Gasteiger partial charge in [0.05, 0.1) is 12.4 Å². The number of amides is 1. The van der Waals surface area contributed by atoms with Crippen molar-refractivity contribution in [3.63, 3.8) is 0 Å². The molecule has 0 saturated carbocycles. The number of hydrogen-bond acceptors (Lipinski definition) is 4. The van der Waals surface area contributed by atoms with Crippen LogP contribution in [0.5, 0.6) is 0 Å². The molecule has 1 aromatic carbocycles. The summed E-state index contributed by atoms with van der Waals surface area (Å²) in [4.78, 5) is 22.8. The van der Waals surface area contributed by atoms with Crippen molar-refractivity contribution in [1.82, 2.24) is 15.3 Å². The summed E-state index contributed by atoms with van der Waals surface area (Å²) in [6.45, 7) is 2.33. The maximum absolute atomic E-state index is 13.5. The van der Waals surface area contributed by atoms with Crippen LogP contribution >= 0.6 is 0 Å². The molecule has 2 aromatic rings. The molecule has 3 rings (SSSR count). The van der Waals surface area contributed by atoms with Crippen LogP contribution < -0.4 is 10.2 Å². The number of nitrogens with zero attached hydrogens (tertiary/aromatic N) is 3. The van der Waals surface area contributed by atoms with Crippen molar-refractivity contribution in [3.05, 3.63) is 53.7 Å². The molecule has 0 unspecified atom stereocenters. The van der Waals surface area contributed by atoms with E-state index in [4.69, 9.17) is 0 Å². The van der Waals surface area contributed by atoms with Crippen LogP contribution in [0.25, 0.3) is 0 Å². The van der Waals surface area contributed by atoms with Crippen molar-refractivity contribution < 1.29 is 9.18 Å². The predicted molar refractivity (Wildman–Crippen MR) is 90.5 cm³/mol. The number of anilines is 1. The highest BCUT2D eigenvalue weighted by Crippen LogP contribution is 2.16. The molecule has 6 heteroatoms. The first kappa shape index (κ1) is 16.4. The number of piperidine rings is 1. The van der Waals surface area contributed by atoms with Gasteiger partial charge in [0, 0.05) is 19.6 Å². The number of halogens is 1. The Balaban J connectivity index is 1.52. The number of carbonyl (C=O) groups is 1.